The van der Waals surface area contributed by atoms with Gasteiger partial charge in [0.15, 0.2) is 5.75 Å². The summed E-state index contributed by atoms with van der Waals surface area (Å²) in [5.74, 6) is 0.430. The van der Waals surface area contributed by atoms with E-state index in [4.69, 9.17) is 9.84 Å². The molecule has 15 heavy (non-hydrogen) atoms. The number of nitrogens with zero attached hydrogens (tertiary/aromatic N) is 2. The van der Waals surface area contributed by atoms with E-state index in [2.05, 4.69) is 5.10 Å². The van der Waals surface area contributed by atoms with Crippen LogP contribution in [0.3, 0.4) is 0 Å². The molecule has 1 aromatic heterocycles. The molecule has 0 amide bonds. The number of ether oxygens (including phenoxy) is 1. The van der Waals surface area contributed by atoms with E-state index >= 15 is 0 Å². The molecule has 0 bridgehead atoms. The first kappa shape index (κ1) is 10.0. The normalized spacial score (nSPS) is 16.0. The van der Waals surface area contributed by atoms with Gasteiger partial charge >= 0.3 is 5.97 Å². The zero-order valence-electron chi connectivity index (χ0n) is 8.43. The van der Waals surface area contributed by atoms with Crippen LogP contribution in [0.1, 0.15) is 19.3 Å². The average molecular weight is 210 g/mol. The number of carbonyl (C=O) groups is 1. The first-order valence-electron chi connectivity index (χ1n) is 5.11. The Hall–Kier alpha value is -1.52. The Kier molecular flexibility index (Phi) is 2.89. The zero-order valence-corrected chi connectivity index (χ0v) is 8.43. The maximum atomic E-state index is 10.4. The number of hydrogen-bond acceptors (Lipinski definition) is 3. The fraction of sp³-hybridized carbons (Fsp3) is 0.600. The Morgan fingerprint density at radius 2 is 2.47 bits per heavy atom. The lowest BCUT2D eigenvalue weighted by Crippen LogP contribution is -2.19. The summed E-state index contributed by atoms with van der Waals surface area (Å²) >= 11 is 0. The predicted octanol–water partition coefficient (Wildman–Crippen LogP) is 1.15. The summed E-state index contributed by atoms with van der Waals surface area (Å²) in [6.45, 7) is 0.603. The second-order valence-electron chi connectivity index (χ2n) is 3.88. The third-order valence-electron chi connectivity index (χ3n) is 2.62. The first-order chi connectivity index (χ1) is 7.24. The van der Waals surface area contributed by atoms with Crippen molar-refractivity contribution in [2.45, 2.75) is 25.8 Å². The minimum atomic E-state index is -0.899. The van der Waals surface area contributed by atoms with E-state index in [1.54, 1.807) is 12.4 Å². The molecule has 0 spiro atoms. The first-order valence-corrected chi connectivity index (χ1v) is 5.11. The van der Waals surface area contributed by atoms with Crippen LogP contribution in [0.25, 0.3) is 0 Å². The Morgan fingerprint density at radius 1 is 1.67 bits per heavy atom. The Morgan fingerprint density at radius 3 is 3.07 bits per heavy atom. The molecule has 82 valence electrons. The van der Waals surface area contributed by atoms with E-state index < -0.39 is 5.97 Å². The lowest BCUT2D eigenvalue weighted by atomic mass is 9.86. The molecule has 1 N–H and O–H groups in total. The molecule has 5 nitrogen and oxygen atoms in total. The second kappa shape index (κ2) is 4.33. The summed E-state index contributed by atoms with van der Waals surface area (Å²) in [5, 5.41) is 12.4. The quantitative estimate of drug-likeness (QED) is 0.791. The van der Waals surface area contributed by atoms with Gasteiger partial charge in [-0.15, -0.1) is 0 Å². The summed E-state index contributed by atoms with van der Waals surface area (Å²) in [5.41, 5.74) is 0. The van der Waals surface area contributed by atoms with E-state index in [0.717, 1.165) is 6.61 Å². The maximum Gasteiger partial charge on any atom is 0.325 e. The van der Waals surface area contributed by atoms with Crippen molar-refractivity contribution in [1.29, 1.82) is 0 Å². The van der Waals surface area contributed by atoms with Gasteiger partial charge in [-0.1, -0.05) is 6.42 Å². The molecule has 0 aromatic carbocycles. The van der Waals surface area contributed by atoms with Gasteiger partial charge in [-0.05, 0) is 18.8 Å². The van der Waals surface area contributed by atoms with Gasteiger partial charge in [0.25, 0.3) is 0 Å². The molecule has 0 aliphatic heterocycles. The fourth-order valence-electron chi connectivity index (χ4n) is 1.52. The Bertz CT molecular complexity index is 344. The van der Waals surface area contributed by atoms with Crippen molar-refractivity contribution in [1.82, 2.24) is 9.78 Å². The second-order valence-corrected chi connectivity index (χ2v) is 3.88. The maximum absolute atomic E-state index is 10.4. The van der Waals surface area contributed by atoms with E-state index in [1.165, 1.54) is 23.9 Å². The largest absolute Gasteiger partial charge is 0.490 e. The molecule has 5 heteroatoms. The summed E-state index contributed by atoms with van der Waals surface area (Å²) in [6, 6.07) is 0. The van der Waals surface area contributed by atoms with Crippen LogP contribution in [0.15, 0.2) is 12.4 Å². The summed E-state index contributed by atoms with van der Waals surface area (Å²) in [6.07, 6.45) is 6.95. The monoisotopic (exact) mass is 210 g/mol. The van der Waals surface area contributed by atoms with E-state index in [1.807, 2.05) is 0 Å². The third kappa shape index (κ3) is 2.71. The van der Waals surface area contributed by atoms with Crippen LogP contribution in [0.5, 0.6) is 5.75 Å². The molecule has 1 aliphatic rings. The van der Waals surface area contributed by atoms with Gasteiger partial charge in [0.1, 0.15) is 6.54 Å². The van der Waals surface area contributed by atoms with Gasteiger partial charge < -0.3 is 9.84 Å². The number of hydrogen-bond donors (Lipinski definition) is 1. The lowest BCUT2D eigenvalue weighted by molar-refractivity contribution is -0.137. The van der Waals surface area contributed by atoms with Crippen LogP contribution in [-0.4, -0.2) is 27.5 Å². The number of aromatic nitrogens is 2. The zero-order chi connectivity index (χ0) is 10.7. The fourth-order valence-corrected chi connectivity index (χ4v) is 1.52. The highest BCUT2D eigenvalue weighted by Crippen LogP contribution is 2.26. The van der Waals surface area contributed by atoms with E-state index in [0.29, 0.717) is 11.7 Å². The predicted molar refractivity (Wildman–Crippen MR) is 52.7 cm³/mol. The molecule has 2 rings (SSSR count). The van der Waals surface area contributed by atoms with Crippen molar-refractivity contribution >= 4 is 5.97 Å². The number of carboxylic acids is 1. The summed E-state index contributed by atoms with van der Waals surface area (Å²) < 4.78 is 6.86. The van der Waals surface area contributed by atoms with Crippen molar-refractivity contribution in [3.8, 4) is 5.75 Å². The molecule has 1 aromatic rings. The van der Waals surface area contributed by atoms with Crippen molar-refractivity contribution in [3.05, 3.63) is 12.4 Å². The number of carboxylic acid groups (broad SMARTS) is 1. The van der Waals surface area contributed by atoms with Crippen LogP contribution >= 0.6 is 0 Å². The van der Waals surface area contributed by atoms with Gasteiger partial charge in [-0.2, -0.15) is 5.10 Å². The van der Waals surface area contributed by atoms with Gasteiger partial charge in [-0.3, -0.25) is 9.48 Å². The summed E-state index contributed by atoms with van der Waals surface area (Å²) in [4.78, 5) is 10.4. The van der Waals surface area contributed by atoms with Crippen LogP contribution in [-0.2, 0) is 11.3 Å². The average Bonchev–Trinajstić information content (AvgIpc) is 2.48. The molecule has 1 fully saturated rings. The van der Waals surface area contributed by atoms with E-state index in [9.17, 15) is 4.79 Å². The Labute approximate surface area is 87.7 Å². The van der Waals surface area contributed by atoms with Gasteiger partial charge in [0.2, 0.25) is 0 Å². The molecular weight excluding hydrogens is 196 g/mol. The topological polar surface area (TPSA) is 64.3 Å². The molecule has 0 saturated heterocycles. The Balaban J connectivity index is 1.80. The van der Waals surface area contributed by atoms with Crippen molar-refractivity contribution in [2.75, 3.05) is 6.61 Å². The smallest absolute Gasteiger partial charge is 0.325 e. The molecule has 0 unspecified atom stereocenters. The van der Waals surface area contributed by atoms with Gasteiger partial charge in [0.05, 0.1) is 19.0 Å². The van der Waals surface area contributed by atoms with E-state index in [-0.39, 0.29) is 6.54 Å². The van der Waals surface area contributed by atoms with Crippen molar-refractivity contribution in [3.63, 3.8) is 0 Å². The van der Waals surface area contributed by atoms with Crippen LogP contribution in [0, 0.1) is 5.92 Å². The molecule has 1 saturated carbocycles. The third-order valence-corrected chi connectivity index (χ3v) is 2.62. The van der Waals surface area contributed by atoms with Crippen LogP contribution < -0.4 is 4.74 Å². The highest BCUT2D eigenvalue weighted by molar-refractivity contribution is 5.66. The molecule has 0 radical (unpaired) electrons. The minimum Gasteiger partial charge on any atom is -0.490 e. The van der Waals surface area contributed by atoms with Gasteiger partial charge in [-0.25, -0.2) is 0 Å². The van der Waals surface area contributed by atoms with Crippen LogP contribution in [0.2, 0.25) is 0 Å². The van der Waals surface area contributed by atoms with Crippen molar-refractivity contribution in [2.24, 2.45) is 5.92 Å². The standard InChI is InChI=1S/C10H14N2O3/c13-10(14)6-12-5-9(4-11-12)15-7-8-2-1-3-8/h4-5,8H,1-3,6-7H2,(H,13,14). The highest BCUT2D eigenvalue weighted by atomic mass is 16.5. The molecule has 0 atom stereocenters. The number of aliphatic carboxylic acids is 1. The number of rotatable bonds is 5. The molecule has 1 heterocycles. The SMILES string of the molecule is O=C(O)Cn1cc(OCC2CCC2)cn1. The highest BCUT2D eigenvalue weighted by Gasteiger charge is 2.18. The van der Waals surface area contributed by atoms with Crippen molar-refractivity contribution < 1.29 is 14.6 Å². The summed E-state index contributed by atoms with van der Waals surface area (Å²) in [7, 11) is 0. The molecular formula is C10H14N2O3. The van der Waals surface area contributed by atoms with Crippen LogP contribution in [0.4, 0.5) is 0 Å². The minimum absolute atomic E-state index is 0.118. The van der Waals surface area contributed by atoms with Gasteiger partial charge in [0, 0.05) is 0 Å². The molecule has 1 aliphatic carbocycles. The lowest BCUT2D eigenvalue weighted by Gasteiger charge is -2.24.